The first-order chi connectivity index (χ1) is 8.25. The molecule has 1 amide bonds. The van der Waals surface area contributed by atoms with Crippen molar-refractivity contribution in [2.75, 3.05) is 0 Å². The van der Waals surface area contributed by atoms with Crippen LogP contribution < -0.4 is 5.73 Å². The van der Waals surface area contributed by atoms with Crippen molar-refractivity contribution in [3.63, 3.8) is 0 Å². The van der Waals surface area contributed by atoms with Gasteiger partial charge in [0.15, 0.2) is 0 Å². The van der Waals surface area contributed by atoms with Gasteiger partial charge in [-0.05, 0) is 29.2 Å². The second-order valence-electron chi connectivity index (χ2n) is 3.56. The molecule has 0 spiro atoms. The van der Waals surface area contributed by atoms with Crippen LogP contribution in [0.4, 0.5) is 0 Å². The molecule has 0 aliphatic rings. The molecule has 0 unspecified atom stereocenters. The molecule has 0 fully saturated rings. The van der Waals surface area contributed by atoms with Crippen LogP contribution in [0.3, 0.4) is 0 Å². The minimum atomic E-state index is -0.616. The zero-order valence-electron chi connectivity index (χ0n) is 9.18. The van der Waals surface area contributed by atoms with Gasteiger partial charge >= 0.3 is 0 Å². The van der Waals surface area contributed by atoms with Crippen molar-refractivity contribution in [3.05, 3.63) is 60.2 Å². The lowest BCUT2D eigenvalue weighted by Gasteiger charge is -2.01. The van der Waals surface area contributed by atoms with Crippen molar-refractivity contribution in [2.45, 2.75) is 0 Å². The van der Waals surface area contributed by atoms with Gasteiger partial charge in [-0.25, -0.2) is 0 Å². The number of benzene rings is 2. The Bertz CT molecular complexity index is 591. The summed E-state index contributed by atoms with van der Waals surface area (Å²) in [5, 5.41) is 0. The molecule has 2 nitrogen and oxygen atoms in total. The number of nitrogens with two attached hydrogens (primary N) is 1. The number of rotatable bonds is 1. The number of amides is 1. The smallest absolute Gasteiger partial charge is 0.293 e. The second kappa shape index (κ2) is 5.00. The maximum absolute atomic E-state index is 10.6. The molecule has 0 aliphatic heterocycles. The van der Waals surface area contributed by atoms with Gasteiger partial charge in [-0.2, -0.15) is 0 Å². The summed E-state index contributed by atoms with van der Waals surface area (Å²) >= 11 is 0. The minimum absolute atomic E-state index is 0.616. The SMILES string of the molecule is NC(=O)C#Cc1cccc(-c2ccccc2)c1. The van der Waals surface area contributed by atoms with E-state index < -0.39 is 5.91 Å². The van der Waals surface area contributed by atoms with Crippen LogP contribution in [-0.4, -0.2) is 5.91 Å². The summed E-state index contributed by atoms with van der Waals surface area (Å²) in [6.45, 7) is 0. The summed E-state index contributed by atoms with van der Waals surface area (Å²) in [6, 6.07) is 17.7. The highest BCUT2D eigenvalue weighted by molar-refractivity contribution is 5.92. The Hall–Kier alpha value is -2.53. The van der Waals surface area contributed by atoms with Crippen LogP contribution >= 0.6 is 0 Å². The summed E-state index contributed by atoms with van der Waals surface area (Å²) in [5.41, 5.74) is 7.95. The molecule has 0 bridgehead atoms. The number of carbonyl (C=O) groups is 1. The molecule has 0 heterocycles. The highest BCUT2D eigenvalue weighted by atomic mass is 16.1. The van der Waals surface area contributed by atoms with Crippen LogP contribution in [0.1, 0.15) is 5.56 Å². The van der Waals surface area contributed by atoms with Crippen LogP contribution in [-0.2, 0) is 4.79 Å². The number of hydrogen-bond acceptors (Lipinski definition) is 1. The summed E-state index contributed by atoms with van der Waals surface area (Å²) in [4.78, 5) is 10.6. The van der Waals surface area contributed by atoms with Crippen LogP contribution in [0.25, 0.3) is 11.1 Å². The van der Waals surface area contributed by atoms with Gasteiger partial charge < -0.3 is 5.73 Å². The fraction of sp³-hybridized carbons (Fsp3) is 0. The average Bonchev–Trinajstić information content (AvgIpc) is 2.38. The first-order valence-electron chi connectivity index (χ1n) is 5.22. The van der Waals surface area contributed by atoms with Gasteiger partial charge in [0.05, 0.1) is 0 Å². The molecule has 2 heteroatoms. The van der Waals surface area contributed by atoms with Crippen LogP contribution in [0.5, 0.6) is 0 Å². The first kappa shape index (κ1) is 11.0. The first-order valence-corrected chi connectivity index (χ1v) is 5.22. The zero-order valence-corrected chi connectivity index (χ0v) is 9.18. The van der Waals surface area contributed by atoms with E-state index in [1.807, 2.05) is 54.6 Å². The predicted molar refractivity (Wildman–Crippen MR) is 68.0 cm³/mol. The molecule has 0 aliphatic carbocycles. The van der Waals surface area contributed by atoms with Crippen molar-refractivity contribution >= 4 is 5.91 Å². The Morgan fingerprint density at radius 3 is 2.35 bits per heavy atom. The third kappa shape index (κ3) is 2.96. The molecule has 0 saturated heterocycles. The molecule has 82 valence electrons. The van der Waals surface area contributed by atoms with Crippen LogP contribution in [0.15, 0.2) is 54.6 Å². The van der Waals surface area contributed by atoms with Crippen LogP contribution in [0, 0.1) is 11.8 Å². The van der Waals surface area contributed by atoms with Gasteiger partial charge in [0.2, 0.25) is 0 Å². The quantitative estimate of drug-likeness (QED) is 0.737. The van der Waals surface area contributed by atoms with Crippen molar-refractivity contribution in [2.24, 2.45) is 5.73 Å². The third-order valence-corrected chi connectivity index (χ3v) is 2.30. The van der Waals surface area contributed by atoms with Crippen molar-refractivity contribution < 1.29 is 4.79 Å². The summed E-state index contributed by atoms with van der Waals surface area (Å²) in [6.07, 6.45) is 0. The number of primary amides is 1. The van der Waals surface area contributed by atoms with Gasteiger partial charge in [-0.1, -0.05) is 48.4 Å². The Balaban J connectivity index is 2.37. The van der Waals surface area contributed by atoms with Gasteiger partial charge in [-0.3, -0.25) is 4.79 Å². The van der Waals surface area contributed by atoms with E-state index in [1.165, 1.54) is 0 Å². The molecule has 0 saturated carbocycles. The maximum atomic E-state index is 10.6. The van der Waals surface area contributed by atoms with Crippen LogP contribution in [0.2, 0.25) is 0 Å². The van der Waals surface area contributed by atoms with E-state index >= 15 is 0 Å². The molecular formula is C15H11NO. The lowest BCUT2D eigenvalue weighted by atomic mass is 10.0. The van der Waals surface area contributed by atoms with Crippen molar-refractivity contribution in [3.8, 4) is 23.0 Å². The molecule has 0 aromatic heterocycles. The largest absolute Gasteiger partial charge is 0.359 e. The Labute approximate surface area is 100 Å². The molecule has 0 atom stereocenters. The highest BCUT2D eigenvalue weighted by Crippen LogP contribution is 2.19. The van der Waals surface area contributed by atoms with Gasteiger partial charge in [0.1, 0.15) is 0 Å². The number of hydrogen-bond donors (Lipinski definition) is 1. The van der Waals surface area contributed by atoms with E-state index in [4.69, 9.17) is 5.73 Å². The molecule has 2 N–H and O–H groups in total. The normalized spacial score (nSPS) is 9.18. The Morgan fingerprint density at radius 1 is 0.941 bits per heavy atom. The third-order valence-electron chi connectivity index (χ3n) is 2.30. The average molecular weight is 221 g/mol. The number of carbonyl (C=O) groups excluding carboxylic acids is 1. The molecule has 2 aromatic rings. The minimum Gasteiger partial charge on any atom is -0.359 e. The van der Waals surface area contributed by atoms with Crippen molar-refractivity contribution in [1.29, 1.82) is 0 Å². The lowest BCUT2D eigenvalue weighted by Crippen LogP contribution is -2.06. The summed E-state index contributed by atoms with van der Waals surface area (Å²) in [7, 11) is 0. The lowest BCUT2D eigenvalue weighted by molar-refractivity contribution is -0.112. The molecule has 2 aromatic carbocycles. The molecular weight excluding hydrogens is 210 g/mol. The maximum Gasteiger partial charge on any atom is 0.293 e. The topological polar surface area (TPSA) is 43.1 Å². The zero-order chi connectivity index (χ0) is 12.1. The molecule has 0 radical (unpaired) electrons. The Kier molecular flexibility index (Phi) is 3.23. The standard InChI is InChI=1S/C15H11NO/c16-15(17)10-9-12-5-4-8-14(11-12)13-6-2-1-3-7-13/h1-8,11H,(H2,16,17). The van der Waals surface area contributed by atoms with E-state index in [-0.39, 0.29) is 0 Å². The molecule has 17 heavy (non-hydrogen) atoms. The Morgan fingerprint density at radius 2 is 1.65 bits per heavy atom. The fourth-order valence-corrected chi connectivity index (χ4v) is 1.54. The second-order valence-corrected chi connectivity index (χ2v) is 3.56. The predicted octanol–water partition coefficient (Wildman–Crippen LogP) is 2.19. The van der Waals surface area contributed by atoms with Gasteiger partial charge in [0, 0.05) is 5.56 Å². The highest BCUT2D eigenvalue weighted by Gasteiger charge is 1.96. The van der Waals surface area contributed by atoms with E-state index in [2.05, 4.69) is 11.8 Å². The fourth-order valence-electron chi connectivity index (χ4n) is 1.54. The summed E-state index contributed by atoms with van der Waals surface area (Å²) < 4.78 is 0. The molecule has 2 rings (SSSR count). The van der Waals surface area contributed by atoms with E-state index in [1.54, 1.807) is 0 Å². The van der Waals surface area contributed by atoms with E-state index in [0.29, 0.717) is 0 Å². The van der Waals surface area contributed by atoms with E-state index in [9.17, 15) is 4.79 Å². The van der Waals surface area contributed by atoms with Crippen molar-refractivity contribution in [1.82, 2.24) is 0 Å². The summed E-state index contributed by atoms with van der Waals surface area (Å²) in [5.74, 6) is 4.44. The van der Waals surface area contributed by atoms with E-state index in [0.717, 1.165) is 16.7 Å². The van der Waals surface area contributed by atoms with Gasteiger partial charge in [-0.15, -0.1) is 0 Å². The monoisotopic (exact) mass is 221 g/mol. The van der Waals surface area contributed by atoms with Gasteiger partial charge in [0.25, 0.3) is 5.91 Å².